The van der Waals surface area contributed by atoms with Gasteiger partial charge in [0.1, 0.15) is 10.6 Å². The minimum atomic E-state index is -0.440. The number of rotatable bonds is 6. The van der Waals surface area contributed by atoms with Crippen molar-refractivity contribution in [2.45, 2.75) is 6.42 Å². The molecule has 0 atom stereocenters. The Kier molecular flexibility index (Phi) is 6.60. The molecule has 1 saturated heterocycles. The van der Waals surface area contributed by atoms with Gasteiger partial charge in [0, 0.05) is 50.1 Å². The molecule has 1 aliphatic rings. The van der Waals surface area contributed by atoms with E-state index in [0.717, 1.165) is 43.9 Å². The summed E-state index contributed by atoms with van der Waals surface area (Å²) in [6.07, 6.45) is 0.406. The van der Waals surface area contributed by atoms with E-state index in [1.54, 1.807) is 0 Å². The molecule has 1 N–H and O–H groups in total. The predicted molar refractivity (Wildman–Crippen MR) is 108 cm³/mol. The normalized spacial score (nSPS) is 15.5. The molecule has 27 heavy (non-hydrogen) atoms. The van der Waals surface area contributed by atoms with Gasteiger partial charge in [-0.1, -0.05) is 30.3 Å². The zero-order valence-corrected chi connectivity index (χ0v) is 16.6. The molecule has 0 unspecified atom stereocenters. The van der Waals surface area contributed by atoms with Crippen LogP contribution in [-0.4, -0.2) is 68.6 Å². The predicted octanol–water partition coefficient (Wildman–Crippen LogP) is 2.78. The fourth-order valence-electron chi connectivity index (χ4n) is 3.11. The highest BCUT2D eigenvalue weighted by atomic mass is 32.1. The number of ether oxygens (including phenoxy) is 1. The van der Waals surface area contributed by atoms with Gasteiger partial charge in [-0.3, -0.25) is 4.79 Å². The summed E-state index contributed by atoms with van der Waals surface area (Å²) >= 11 is 1.35. The zero-order chi connectivity index (χ0) is 19.2. The number of amides is 1. The third-order valence-corrected chi connectivity index (χ3v) is 5.66. The van der Waals surface area contributed by atoms with Crippen molar-refractivity contribution in [1.82, 2.24) is 9.80 Å². The van der Waals surface area contributed by atoms with E-state index in [2.05, 4.69) is 22.2 Å². The minimum absolute atomic E-state index is 0.0828. The molecule has 0 radical (unpaired) electrons. The number of nitrogens with one attached hydrogen (secondary N) is 1. The molecule has 1 aromatic heterocycles. The molecule has 1 aliphatic heterocycles. The average Bonchev–Trinajstić information content (AvgIpc) is 3.11. The van der Waals surface area contributed by atoms with Crippen LogP contribution >= 0.6 is 11.3 Å². The number of carbonyl (C=O) groups excluding carboxylic acids is 2. The Labute approximate surface area is 163 Å². The number of hydrogen-bond acceptors (Lipinski definition) is 6. The first-order valence-corrected chi connectivity index (χ1v) is 9.92. The molecule has 0 spiro atoms. The number of thiophene rings is 1. The van der Waals surface area contributed by atoms with Crippen LogP contribution in [0.3, 0.4) is 0 Å². The van der Waals surface area contributed by atoms with Crippen molar-refractivity contribution >= 4 is 28.2 Å². The van der Waals surface area contributed by atoms with Crippen LogP contribution in [0.25, 0.3) is 11.1 Å². The molecule has 1 aromatic carbocycles. The number of nitrogens with zero attached hydrogens (tertiary/aromatic N) is 2. The Bertz CT molecular complexity index is 783. The van der Waals surface area contributed by atoms with E-state index < -0.39 is 5.97 Å². The smallest absolute Gasteiger partial charge is 0.341 e. The molecule has 0 aliphatic carbocycles. The Morgan fingerprint density at radius 3 is 2.52 bits per heavy atom. The van der Waals surface area contributed by atoms with Crippen LogP contribution < -0.4 is 5.32 Å². The van der Waals surface area contributed by atoms with Crippen LogP contribution in [0.2, 0.25) is 0 Å². The van der Waals surface area contributed by atoms with Crippen LogP contribution in [0.1, 0.15) is 16.8 Å². The Morgan fingerprint density at radius 2 is 1.85 bits per heavy atom. The van der Waals surface area contributed by atoms with Crippen molar-refractivity contribution in [1.29, 1.82) is 0 Å². The Balaban J connectivity index is 1.68. The third-order valence-electron chi connectivity index (χ3n) is 4.77. The second-order valence-corrected chi connectivity index (χ2v) is 7.53. The maximum Gasteiger partial charge on any atom is 0.341 e. The first kappa shape index (κ1) is 19.5. The number of benzene rings is 1. The molecule has 0 saturated carbocycles. The van der Waals surface area contributed by atoms with Crippen molar-refractivity contribution < 1.29 is 14.3 Å². The minimum Gasteiger partial charge on any atom is -0.465 e. The summed E-state index contributed by atoms with van der Waals surface area (Å²) in [4.78, 5) is 29.3. The van der Waals surface area contributed by atoms with Gasteiger partial charge in [0.15, 0.2) is 0 Å². The van der Waals surface area contributed by atoms with Gasteiger partial charge in [-0.05, 0) is 12.6 Å². The van der Waals surface area contributed by atoms with Gasteiger partial charge in [0.2, 0.25) is 5.91 Å². The van der Waals surface area contributed by atoms with Crippen molar-refractivity contribution in [3.8, 4) is 11.1 Å². The first-order valence-electron chi connectivity index (χ1n) is 9.04. The van der Waals surface area contributed by atoms with Crippen molar-refractivity contribution in [3.05, 3.63) is 41.3 Å². The van der Waals surface area contributed by atoms with Crippen LogP contribution in [0.4, 0.5) is 5.00 Å². The van der Waals surface area contributed by atoms with E-state index in [-0.39, 0.29) is 5.91 Å². The number of methoxy groups -OCH3 is 1. The Hall–Kier alpha value is -2.22. The molecular formula is C20H25N3O3S. The SMILES string of the molecule is COC(=O)c1c(-c2ccccc2)csc1NC(=O)CCN1CCN(C)CC1. The van der Waals surface area contributed by atoms with Gasteiger partial charge < -0.3 is 19.9 Å². The fraction of sp³-hybridized carbons (Fsp3) is 0.400. The van der Waals surface area contributed by atoms with E-state index in [4.69, 9.17) is 4.74 Å². The van der Waals surface area contributed by atoms with Crippen LogP contribution in [-0.2, 0) is 9.53 Å². The number of likely N-dealkylation sites (N-methyl/N-ethyl adjacent to an activating group) is 1. The van der Waals surface area contributed by atoms with Crippen LogP contribution in [0.15, 0.2) is 35.7 Å². The van der Waals surface area contributed by atoms with E-state index in [1.807, 2.05) is 35.7 Å². The second kappa shape index (κ2) is 9.12. The molecule has 3 rings (SSSR count). The molecule has 1 fully saturated rings. The van der Waals surface area contributed by atoms with E-state index >= 15 is 0 Å². The van der Waals surface area contributed by atoms with Crippen LogP contribution in [0, 0.1) is 0 Å². The Morgan fingerprint density at radius 1 is 1.15 bits per heavy atom. The molecule has 144 valence electrons. The molecule has 2 heterocycles. The number of hydrogen-bond donors (Lipinski definition) is 1. The van der Waals surface area contributed by atoms with Crippen LogP contribution in [0.5, 0.6) is 0 Å². The van der Waals surface area contributed by atoms with E-state index in [0.29, 0.717) is 17.0 Å². The number of carbonyl (C=O) groups is 2. The van der Waals surface area contributed by atoms with Gasteiger partial charge in [-0.2, -0.15) is 0 Å². The van der Waals surface area contributed by atoms with Crippen molar-refractivity contribution in [2.75, 3.05) is 52.2 Å². The zero-order valence-electron chi connectivity index (χ0n) is 15.7. The first-order chi connectivity index (χ1) is 13.1. The summed E-state index contributed by atoms with van der Waals surface area (Å²) in [5, 5.41) is 5.34. The lowest BCUT2D eigenvalue weighted by Gasteiger charge is -2.32. The largest absolute Gasteiger partial charge is 0.465 e. The topological polar surface area (TPSA) is 61.9 Å². The number of esters is 1. The molecule has 6 nitrogen and oxygen atoms in total. The maximum atomic E-state index is 12.4. The summed E-state index contributed by atoms with van der Waals surface area (Å²) in [5.74, 6) is -0.523. The highest BCUT2D eigenvalue weighted by Crippen LogP contribution is 2.36. The third kappa shape index (κ3) is 4.94. The highest BCUT2D eigenvalue weighted by molar-refractivity contribution is 7.15. The summed E-state index contributed by atoms with van der Waals surface area (Å²) in [7, 11) is 3.47. The number of anilines is 1. The average molecular weight is 388 g/mol. The van der Waals surface area contributed by atoms with E-state index in [9.17, 15) is 9.59 Å². The highest BCUT2D eigenvalue weighted by Gasteiger charge is 2.22. The van der Waals surface area contributed by atoms with E-state index in [1.165, 1.54) is 18.4 Å². The lowest BCUT2D eigenvalue weighted by molar-refractivity contribution is -0.116. The van der Waals surface area contributed by atoms with Gasteiger partial charge in [0.25, 0.3) is 0 Å². The molecule has 7 heteroatoms. The summed E-state index contributed by atoms with van der Waals surface area (Å²) in [6, 6.07) is 9.64. The lowest BCUT2D eigenvalue weighted by atomic mass is 10.0. The maximum absolute atomic E-state index is 12.4. The summed E-state index contributed by atoms with van der Waals surface area (Å²) in [5.41, 5.74) is 2.12. The van der Waals surface area contributed by atoms with Gasteiger partial charge in [-0.15, -0.1) is 11.3 Å². The molecule has 1 amide bonds. The molecule has 2 aromatic rings. The van der Waals surface area contributed by atoms with Gasteiger partial charge in [-0.25, -0.2) is 4.79 Å². The quantitative estimate of drug-likeness (QED) is 0.773. The number of piperazine rings is 1. The monoisotopic (exact) mass is 387 g/mol. The second-order valence-electron chi connectivity index (χ2n) is 6.65. The fourth-order valence-corrected chi connectivity index (χ4v) is 4.08. The molecule has 0 bridgehead atoms. The van der Waals surface area contributed by atoms with Crippen molar-refractivity contribution in [3.63, 3.8) is 0 Å². The van der Waals surface area contributed by atoms with Gasteiger partial charge >= 0.3 is 5.97 Å². The standard InChI is InChI=1S/C20H25N3O3S/c1-22-10-12-23(13-11-22)9-8-17(24)21-19-18(20(25)26-2)16(14-27-19)15-6-4-3-5-7-15/h3-7,14H,8-13H2,1-2H3,(H,21,24). The lowest BCUT2D eigenvalue weighted by Crippen LogP contribution is -2.45. The molecular weight excluding hydrogens is 362 g/mol. The van der Waals surface area contributed by atoms with Crippen molar-refractivity contribution in [2.24, 2.45) is 0 Å². The summed E-state index contributed by atoms with van der Waals surface area (Å²) < 4.78 is 4.95. The van der Waals surface area contributed by atoms with Gasteiger partial charge in [0.05, 0.1) is 7.11 Å². The summed E-state index contributed by atoms with van der Waals surface area (Å²) in [6.45, 7) is 4.74.